The molecule has 0 aromatic rings. The molecule has 11 heavy (non-hydrogen) atoms. The molecule has 1 atom stereocenters. The third-order valence-corrected chi connectivity index (χ3v) is 3.26. The largest absolute Gasteiger partial charge is 0.316 e. The van der Waals surface area contributed by atoms with E-state index in [4.69, 9.17) is 0 Å². The van der Waals surface area contributed by atoms with Gasteiger partial charge >= 0.3 is 0 Å². The first-order valence-electron chi connectivity index (χ1n) is 4.62. The SMILES string of the molecule is C[C]1NCCC12CCCNC2. The van der Waals surface area contributed by atoms with Gasteiger partial charge < -0.3 is 10.6 Å². The van der Waals surface area contributed by atoms with Gasteiger partial charge in [0.2, 0.25) is 0 Å². The van der Waals surface area contributed by atoms with Crippen molar-refractivity contribution in [1.29, 1.82) is 0 Å². The first-order chi connectivity index (χ1) is 5.33. The summed E-state index contributed by atoms with van der Waals surface area (Å²) < 4.78 is 0. The van der Waals surface area contributed by atoms with Gasteiger partial charge in [0.15, 0.2) is 0 Å². The summed E-state index contributed by atoms with van der Waals surface area (Å²) in [6.45, 7) is 5.86. The molecule has 2 heteroatoms. The lowest BCUT2D eigenvalue weighted by Crippen LogP contribution is -2.42. The van der Waals surface area contributed by atoms with Gasteiger partial charge in [-0.3, -0.25) is 0 Å². The number of rotatable bonds is 0. The second-order valence-electron chi connectivity index (χ2n) is 3.86. The Labute approximate surface area is 68.7 Å². The second kappa shape index (κ2) is 2.76. The smallest absolute Gasteiger partial charge is 0.0408 e. The molecule has 0 saturated carbocycles. The van der Waals surface area contributed by atoms with Crippen LogP contribution in [0, 0.1) is 11.5 Å². The zero-order valence-corrected chi connectivity index (χ0v) is 7.24. The second-order valence-corrected chi connectivity index (χ2v) is 3.86. The first kappa shape index (κ1) is 7.56. The normalized spacial score (nSPS) is 40.1. The molecular formula is C9H17N2. The number of nitrogens with one attached hydrogen (secondary N) is 2. The molecule has 1 spiro atoms. The van der Waals surface area contributed by atoms with Gasteiger partial charge in [0.05, 0.1) is 0 Å². The van der Waals surface area contributed by atoms with Gasteiger partial charge in [-0.1, -0.05) is 0 Å². The highest BCUT2D eigenvalue weighted by molar-refractivity contribution is 5.09. The van der Waals surface area contributed by atoms with Gasteiger partial charge in [-0.05, 0) is 39.3 Å². The van der Waals surface area contributed by atoms with E-state index < -0.39 is 0 Å². The summed E-state index contributed by atoms with van der Waals surface area (Å²) in [5, 5.41) is 6.94. The molecule has 2 aliphatic heterocycles. The molecule has 0 aliphatic carbocycles. The Morgan fingerprint density at radius 2 is 2.18 bits per heavy atom. The molecule has 2 nitrogen and oxygen atoms in total. The fraction of sp³-hybridized carbons (Fsp3) is 0.889. The van der Waals surface area contributed by atoms with E-state index in [1.807, 2.05) is 0 Å². The van der Waals surface area contributed by atoms with Gasteiger partial charge in [0.1, 0.15) is 0 Å². The van der Waals surface area contributed by atoms with Crippen molar-refractivity contribution in [3.05, 3.63) is 6.04 Å². The van der Waals surface area contributed by atoms with Crippen LogP contribution in [0.1, 0.15) is 26.2 Å². The van der Waals surface area contributed by atoms with E-state index in [2.05, 4.69) is 17.6 Å². The summed E-state index contributed by atoms with van der Waals surface area (Å²) >= 11 is 0. The van der Waals surface area contributed by atoms with Crippen LogP contribution in [0.15, 0.2) is 0 Å². The molecule has 0 amide bonds. The van der Waals surface area contributed by atoms with Gasteiger partial charge in [-0.2, -0.15) is 0 Å². The average Bonchev–Trinajstić information content (AvgIpc) is 2.36. The van der Waals surface area contributed by atoms with Crippen molar-refractivity contribution in [2.45, 2.75) is 26.2 Å². The molecule has 2 heterocycles. The molecule has 2 N–H and O–H groups in total. The lowest BCUT2D eigenvalue weighted by atomic mass is 9.75. The minimum absolute atomic E-state index is 0.526. The van der Waals surface area contributed by atoms with E-state index in [0.717, 1.165) is 0 Å². The predicted molar refractivity (Wildman–Crippen MR) is 46.1 cm³/mol. The van der Waals surface area contributed by atoms with Gasteiger partial charge in [-0.15, -0.1) is 0 Å². The van der Waals surface area contributed by atoms with E-state index in [1.165, 1.54) is 44.9 Å². The summed E-state index contributed by atoms with van der Waals surface area (Å²) in [6.07, 6.45) is 4.07. The van der Waals surface area contributed by atoms with Crippen molar-refractivity contribution in [2.75, 3.05) is 19.6 Å². The maximum Gasteiger partial charge on any atom is 0.0408 e. The summed E-state index contributed by atoms with van der Waals surface area (Å²) in [5.74, 6) is 0. The lowest BCUT2D eigenvalue weighted by molar-refractivity contribution is 0.239. The predicted octanol–water partition coefficient (Wildman–Crippen LogP) is 0.901. The first-order valence-corrected chi connectivity index (χ1v) is 4.62. The Morgan fingerprint density at radius 1 is 1.27 bits per heavy atom. The quantitative estimate of drug-likeness (QED) is 0.540. The molecule has 2 fully saturated rings. The Morgan fingerprint density at radius 3 is 2.73 bits per heavy atom. The maximum atomic E-state index is 3.49. The molecule has 0 bridgehead atoms. The van der Waals surface area contributed by atoms with Gasteiger partial charge in [0, 0.05) is 18.0 Å². The molecule has 2 saturated heterocycles. The number of hydrogen-bond donors (Lipinski definition) is 2. The van der Waals surface area contributed by atoms with Crippen molar-refractivity contribution < 1.29 is 0 Å². The van der Waals surface area contributed by atoms with Crippen molar-refractivity contribution in [3.8, 4) is 0 Å². The summed E-state index contributed by atoms with van der Waals surface area (Å²) in [4.78, 5) is 0. The molecule has 1 radical (unpaired) electrons. The van der Waals surface area contributed by atoms with Crippen molar-refractivity contribution in [1.82, 2.24) is 10.6 Å². The Bertz CT molecular complexity index is 138. The van der Waals surface area contributed by atoms with Crippen LogP contribution in [0.5, 0.6) is 0 Å². The minimum Gasteiger partial charge on any atom is -0.316 e. The van der Waals surface area contributed by atoms with E-state index in [1.54, 1.807) is 0 Å². The Balaban J connectivity index is 2.06. The topological polar surface area (TPSA) is 24.1 Å². The van der Waals surface area contributed by atoms with Gasteiger partial charge in [0.25, 0.3) is 0 Å². The van der Waals surface area contributed by atoms with E-state index >= 15 is 0 Å². The van der Waals surface area contributed by atoms with E-state index in [9.17, 15) is 0 Å². The van der Waals surface area contributed by atoms with E-state index in [0.29, 0.717) is 5.41 Å². The van der Waals surface area contributed by atoms with Crippen molar-refractivity contribution >= 4 is 0 Å². The fourth-order valence-electron chi connectivity index (χ4n) is 2.37. The molecular weight excluding hydrogens is 136 g/mol. The van der Waals surface area contributed by atoms with Crippen LogP contribution in [0.3, 0.4) is 0 Å². The van der Waals surface area contributed by atoms with Crippen LogP contribution in [0.25, 0.3) is 0 Å². The van der Waals surface area contributed by atoms with Crippen molar-refractivity contribution in [3.63, 3.8) is 0 Å². The third-order valence-electron chi connectivity index (χ3n) is 3.26. The van der Waals surface area contributed by atoms with Crippen molar-refractivity contribution in [2.24, 2.45) is 5.41 Å². The molecule has 1 unspecified atom stereocenters. The minimum atomic E-state index is 0.526. The highest BCUT2D eigenvalue weighted by Crippen LogP contribution is 2.41. The lowest BCUT2D eigenvalue weighted by Gasteiger charge is -2.36. The van der Waals surface area contributed by atoms with Crippen LogP contribution < -0.4 is 10.6 Å². The van der Waals surface area contributed by atoms with E-state index in [-0.39, 0.29) is 0 Å². The fourth-order valence-corrected chi connectivity index (χ4v) is 2.37. The standard InChI is InChI=1S/C9H17N2/c1-8-9(4-6-11-8)3-2-5-10-7-9/h10-11H,2-7H2,1H3. The zero-order valence-electron chi connectivity index (χ0n) is 7.24. The zero-order chi connectivity index (χ0) is 7.73. The summed E-state index contributed by atoms with van der Waals surface area (Å²) in [7, 11) is 0. The molecule has 0 aromatic heterocycles. The highest BCUT2D eigenvalue weighted by Gasteiger charge is 2.41. The molecule has 0 aromatic carbocycles. The molecule has 2 rings (SSSR count). The highest BCUT2D eigenvalue weighted by atomic mass is 15.0. The van der Waals surface area contributed by atoms with Crippen LogP contribution >= 0.6 is 0 Å². The third kappa shape index (κ3) is 1.18. The van der Waals surface area contributed by atoms with Gasteiger partial charge in [-0.25, -0.2) is 0 Å². The number of piperidine rings is 1. The van der Waals surface area contributed by atoms with Crippen LogP contribution in [-0.4, -0.2) is 19.6 Å². The average molecular weight is 153 g/mol. The summed E-state index contributed by atoms with van der Waals surface area (Å²) in [5.41, 5.74) is 0.526. The van der Waals surface area contributed by atoms with Crippen LogP contribution in [0.4, 0.5) is 0 Å². The molecule has 2 aliphatic rings. The monoisotopic (exact) mass is 153 g/mol. The number of hydrogen-bond acceptors (Lipinski definition) is 2. The van der Waals surface area contributed by atoms with Crippen LogP contribution in [0.2, 0.25) is 0 Å². The maximum absolute atomic E-state index is 3.49. The van der Waals surface area contributed by atoms with Crippen LogP contribution in [-0.2, 0) is 0 Å². The Hall–Kier alpha value is -0.0800. The molecule has 63 valence electrons. The Kier molecular flexibility index (Phi) is 1.90. The summed E-state index contributed by atoms with van der Waals surface area (Å²) in [6, 6.07) is 1.52.